The van der Waals surface area contributed by atoms with Gasteiger partial charge in [-0.1, -0.05) is 15.9 Å². The van der Waals surface area contributed by atoms with Crippen LogP contribution in [0.4, 0.5) is 4.79 Å². The van der Waals surface area contributed by atoms with E-state index in [1.807, 2.05) is 22.6 Å². The van der Waals surface area contributed by atoms with Crippen molar-refractivity contribution >= 4 is 62.5 Å². The minimum atomic E-state index is -1.29. The number of aliphatic carboxylic acids is 1. The predicted molar refractivity (Wildman–Crippen MR) is 84.4 cm³/mol. The van der Waals surface area contributed by atoms with E-state index in [2.05, 4.69) is 21.2 Å². The molecule has 2 rings (SSSR count). The summed E-state index contributed by atoms with van der Waals surface area (Å²) in [5, 5.41) is 20.9. The van der Waals surface area contributed by atoms with Gasteiger partial charge >= 0.3 is 12.0 Å². The number of phenols is 1. The molecule has 3 N–H and O–H groups in total. The van der Waals surface area contributed by atoms with Crippen LogP contribution < -0.4 is 5.32 Å². The van der Waals surface area contributed by atoms with E-state index in [1.165, 1.54) is 6.08 Å². The average molecular weight is 467 g/mol. The summed E-state index contributed by atoms with van der Waals surface area (Å²) in [4.78, 5) is 34.7. The Bertz CT molecular complexity index is 688. The van der Waals surface area contributed by atoms with Crippen LogP contribution in [-0.2, 0) is 9.59 Å². The first-order valence-corrected chi connectivity index (χ1v) is 7.41. The van der Waals surface area contributed by atoms with E-state index < -0.39 is 24.5 Å². The standard InChI is InChI=1S/C12H8BrIN2O5/c13-6-1-5(10(19)7(14)3-6)2-8-11(20)16(4-9(17)18)12(21)15-8/h1-3,19H,4H2,(H,15,21)(H,17,18)/b8-2-. The van der Waals surface area contributed by atoms with Crippen LogP contribution >= 0.6 is 38.5 Å². The predicted octanol–water partition coefficient (Wildman–Crippen LogP) is 1.74. The Morgan fingerprint density at radius 2 is 2.10 bits per heavy atom. The Kier molecular flexibility index (Phi) is 4.52. The van der Waals surface area contributed by atoms with Crippen molar-refractivity contribution in [3.8, 4) is 5.75 Å². The number of amides is 3. The van der Waals surface area contributed by atoms with Gasteiger partial charge in [-0.25, -0.2) is 9.69 Å². The van der Waals surface area contributed by atoms with Gasteiger partial charge < -0.3 is 15.5 Å². The van der Waals surface area contributed by atoms with E-state index in [1.54, 1.807) is 12.1 Å². The van der Waals surface area contributed by atoms with Gasteiger partial charge in [-0.05, 0) is 40.8 Å². The number of nitrogens with one attached hydrogen (secondary N) is 1. The molecular formula is C12H8BrIN2O5. The second-order valence-corrected chi connectivity index (χ2v) is 6.18. The Morgan fingerprint density at radius 1 is 1.43 bits per heavy atom. The quantitative estimate of drug-likeness (QED) is 0.357. The van der Waals surface area contributed by atoms with Crippen molar-refractivity contribution < 1.29 is 24.6 Å². The van der Waals surface area contributed by atoms with Crippen LogP contribution in [0.1, 0.15) is 5.56 Å². The maximum atomic E-state index is 12.0. The van der Waals surface area contributed by atoms with E-state index in [-0.39, 0.29) is 11.4 Å². The molecule has 1 fully saturated rings. The topological polar surface area (TPSA) is 107 Å². The van der Waals surface area contributed by atoms with E-state index in [0.717, 1.165) is 0 Å². The largest absolute Gasteiger partial charge is 0.506 e. The number of halogens is 2. The fourth-order valence-corrected chi connectivity index (χ4v) is 3.25. The Morgan fingerprint density at radius 3 is 2.71 bits per heavy atom. The molecule has 0 saturated carbocycles. The van der Waals surface area contributed by atoms with Crippen LogP contribution in [0.3, 0.4) is 0 Å². The molecule has 1 aliphatic heterocycles. The number of nitrogens with zero attached hydrogens (tertiary/aromatic N) is 1. The third kappa shape index (κ3) is 3.35. The van der Waals surface area contributed by atoms with Crippen LogP contribution in [0.5, 0.6) is 5.75 Å². The first-order valence-electron chi connectivity index (χ1n) is 5.54. The number of imide groups is 1. The molecular weight excluding hydrogens is 459 g/mol. The molecule has 0 aliphatic carbocycles. The normalized spacial score (nSPS) is 16.5. The number of hydrogen-bond donors (Lipinski definition) is 3. The molecule has 21 heavy (non-hydrogen) atoms. The molecule has 9 heteroatoms. The summed E-state index contributed by atoms with van der Waals surface area (Å²) in [5.41, 5.74) is 0.236. The first kappa shape index (κ1) is 15.8. The number of phenolic OH excluding ortho intramolecular Hbond substituents is 1. The molecule has 7 nitrogen and oxygen atoms in total. The van der Waals surface area contributed by atoms with Crippen molar-refractivity contribution in [1.29, 1.82) is 0 Å². The van der Waals surface area contributed by atoms with Crippen LogP contribution in [0.25, 0.3) is 6.08 Å². The van der Waals surface area contributed by atoms with Gasteiger partial charge in [0, 0.05) is 10.0 Å². The zero-order valence-electron chi connectivity index (χ0n) is 10.3. The summed E-state index contributed by atoms with van der Waals surface area (Å²) in [6.07, 6.45) is 1.30. The molecule has 0 unspecified atom stereocenters. The third-order valence-corrected chi connectivity index (χ3v) is 3.89. The zero-order chi connectivity index (χ0) is 15.7. The van der Waals surface area contributed by atoms with Crippen molar-refractivity contribution in [3.63, 3.8) is 0 Å². The molecule has 0 atom stereocenters. The minimum absolute atomic E-state index is 0.0370. The Balaban J connectivity index is 2.37. The number of aromatic hydroxyl groups is 1. The van der Waals surface area contributed by atoms with E-state index in [9.17, 15) is 19.5 Å². The SMILES string of the molecule is O=C(O)CN1C(=O)N/C(=C\c2cc(Br)cc(I)c2O)C1=O. The number of benzene rings is 1. The van der Waals surface area contributed by atoms with Gasteiger partial charge in [-0.2, -0.15) is 0 Å². The average Bonchev–Trinajstić information content (AvgIpc) is 2.63. The summed E-state index contributed by atoms with van der Waals surface area (Å²) >= 11 is 5.18. The van der Waals surface area contributed by atoms with Crippen molar-refractivity contribution in [3.05, 3.63) is 31.4 Å². The second-order valence-electron chi connectivity index (χ2n) is 4.10. The molecule has 1 saturated heterocycles. The fourth-order valence-electron chi connectivity index (χ4n) is 1.70. The van der Waals surface area contributed by atoms with Gasteiger partial charge in [0.15, 0.2) is 0 Å². The van der Waals surface area contributed by atoms with Gasteiger partial charge in [0.25, 0.3) is 5.91 Å². The van der Waals surface area contributed by atoms with Crippen molar-refractivity contribution in [2.45, 2.75) is 0 Å². The van der Waals surface area contributed by atoms with Crippen molar-refractivity contribution in [2.24, 2.45) is 0 Å². The lowest BCUT2D eigenvalue weighted by atomic mass is 10.1. The highest BCUT2D eigenvalue weighted by molar-refractivity contribution is 14.1. The summed E-state index contributed by atoms with van der Waals surface area (Å²) in [6, 6.07) is 2.45. The number of carboxylic acid groups (broad SMARTS) is 1. The van der Waals surface area contributed by atoms with E-state index in [0.29, 0.717) is 18.5 Å². The van der Waals surface area contributed by atoms with Crippen LogP contribution in [0.15, 0.2) is 22.3 Å². The summed E-state index contributed by atoms with van der Waals surface area (Å²) in [7, 11) is 0. The third-order valence-electron chi connectivity index (χ3n) is 2.61. The summed E-state index contributed by atoms with van der Waals surface area (Å²) in [5.74, 6) is -2.08. The highest BCUT2D eigenvalue weighted by atomic mass is 127. The van der Waals surface area contributed by atoms with E-state index >= 15 is 0 Å². The maximum absolute atomic E-state index is 12.0. The highest BCUT2D eigenvalue weighted by Gasteiger charge is 2.35. The van der Waals surface area contributed by atoms with Crippen molar-refractivity contribution in [1.82, 2.24) is 10.2 Å². The highest BCUT2D eigenvalue weighted by Crippen LogP contribution is 2.30. The number of carbonyl (C=O) groups excluding carboxylic acids is 2. The summed E-state index contributed by atoms with van der Waals surface area (Å²) < 4.78 is 1.25. The monoisotopic (exact) mass is 466 g/mol. The van der Waals surface area contributed by atoms with Crippen LogP contribution in [0.2, 0.25) is 0 Å². The molecule has 0 spiro atoms. The zero-order valence-corrected chi connectivity index (χ0v) is 14.0. The van der Waals surface area contributed by atoms with Gasteiger partial charge in [0.2, 0.25) is 0 Å². The molecule has 0 aromatic heterocycles. The lowest BCUT2D eigenvalue weighted by Crippen LogP contribution is -2.35. The Labute approximate surface area is 140 Å². The lowest BCUT2D eigenvalue weighted by molar-refractivity contribution is -0.140. The number of carboxylic acids is 1. The lowest BCUT2D eigenvalue weighted by Gasteiger charge is -2.07. The molecule has 1 aliphatic rings. The smallest absolute Gasteiger partial charge is 0.329 e. The molecule has 3 amide bonds. The van der Waals surface area contributed by atoms with Crippen LogP contribution in [-0.4, -0.2) is 39.6 Å². The molecule has 0 radical (unpaired) electrons. The van der Waals surface area contributed by atoms with Gasteiger partial charge in [-0.15, -0.1) is 0 Å². The van der Waals surface area contributed by atoms with Crippen LogP contribution in [0, 0.1) is 3.57 Å². The maximum Gasteiger partial charge on any atom is 0.329 e. The minimum Gasteiger partial charge on any atom is -0.506 e. The van der Waals surface area contributed by atoms with E-state index in [4.69, 9.17) is 5.11 Å². The molecule has 0 bridgehead atoms. The number of carbonyl (C=O) groups is 3. The molecule has 110 valence electrons. The molecule has 1 aromatic rings. The van der Waals surface area contributed by atoms with Gasteiger partial charge in [0.1, 0.15) is 18.0 Å². The fraction of sp³-hybridized carbons (Fsp3) is 0.0833. The van der Waals surface area contributed by atoms with Gasteiger partial charge in [-0.3, -0.25) is 9.59 Å². The van der Waals surface area contributed by atoms with Gasteiger partial charge in [0.05, 0.1) is 3.57 Å². The Hall–Kier alpha value is -1.62. The number of urea groups is 1. The first-order chi connectivity index (χ1) is 9.79. The molecule has 1 heterocycles. The number of hydrogen-bond acceptors (Lipinski definition) is 4. The second kappa shape index (κ2) is 6.02. The number of rotatable bonds is 3. The van der Waals surface area contributed by atoms with Crippen molar-refractivity contribution in [2.75, 3.05) is 6.54 Å². The summed E-state index contributed by atoms with van der Waals surface area (Å²) in [6.45, 7) is -0.718. The molecule has 1 aromatic carbocycles.